The fourth-order valence-corrected chi connectivity index (χ4v) is 4.50. The largest absolute Gasteiger partial charge is 0.384 e. The van der Waals surface area contributed by atoms with Crippen LogP contribution in [-0.4, -0.2) is 39.5 Å². The van der Waals surface area contributed by atoms with Crippen LogP contribution in [0, 0.1) is 11.2 Å². The van der Waals surface area contributed by atoms with E-state index in [0.29, 0.717) is 13.2 Å². The van der Waals surface area contributed by atoms with Crippen molar-refractivity contribution in [1.82, 2.24) is 19.7 Å². The summed E-state index contributed by atoms with van der Waals surface area (Å²) in [6.45, 7) is 2.80. The lowest BCUT2D eigenvalue weighted by Crippen LogP contribution is -2.50. The van der Waals surface area contributed by atoms with E-state index < -0.39 is 0 Å². The Hall–Kier alpha value is -3.71. The van der Waals surface area contributed by atoms with Crippen molar-refractivity contribution in [1.29, 1.82) is 0 Å². The van der Waals surface area contributed by atoms with Gasteiger partial charge >= 0.3 is 0 Å². The molecule has 0 atom stereocenters. The first kappa shape index (κ1) is 19.0. The van der Waals surface area contributed by atoms with Gasteiger partial charge in [-0.1, -0.05) is 30.3 Å². The number of hydrogen-bond donors (Lipinski definition) is 2. The molecule has 0 bridgehead atoms. The first-order chi connectivity index (χ1) is 15.7. The molecule has 0 spiro atoms. The van der Waals surface area contributed by atoms with Crippen molar-refractivity contribution < 1.29 is 9.13 Å². The molecule has 2 N–H and O–H groups in total. The summed E-state index contributed by atoms with van der Waals surface area (Å²) in [5.41, 5.74) is 5.09. The maximum atomic E-state index is 14.0. The van der Waals surface area contributed by atoms with E-state index >= 15 is 0 Å². The fourth-order valence-electron chi connectivity index (χ4n) is 4.50. The third-order valence-corrected chi connectivity index (χ3v) is 6.22. The summed E-state index contributed by atoms with van der Waals surface area (Å²) in [4.78, 5) is 7.49. The van der Waals surface area contributed by atoms with Gasteiger partial charge < -0.3 is 15.0 Å². The number of H-pyrrole nitrogens is 1. The lowest BCUT2D eigenvalue weighted by molar-refractivity contribution is -0.114. The van der Waals surface area contributed by atoms with Crippen molar-refractivity contribution in [2.45, 2.75) is 6.54 Å². The number of ether oxygens (including phenoxy) is 1. The van der Waals surface area contributed by atoms with Crippen LogP contribution >= 0.6 is 0 Å². The van der Waals surface area contributed by atoms with Gasteiger partial charge in [-0.2, -0.15) is 5.10 Å². The molecule has 1 aliphatic rings. The molecule has 2 aromatic heterocycles. The van der Waals surface area contributed by atoms with Gasteiger partial charge in [0.1, 0.15) is 18.5 Å². The molecule has 0 unspecified atom stereocenters. The molecular weight excluding hydrogens is 405 g/mol. The lowest BCUT2D eigenvalue weighted by Gasteiger charge is -2.41. The normalized spacial score (nSPS) is 15.2. The zero-order chi connectivity index (χ0) is 21.5. The minimum atomic E-state index is -0.238. The van der Waals surface area contributed by atoms with E-state index in [1.165, 1.54) is 6.07 Å². The van der Waals surface area contributed by atoms with Crippen molar-refractivity contribution in [3.63, 3.8) is 0 Å². The number of benzene rings is 3. The molecule has 1 fully saturated rings. The number of rotatable bonds is 6. The van der Waals surface area contributed by atoms with E-state index in [2.05, 4.69) is 44.6 Å². The SMILES string of the molecule is Fc1ccc2[nH]c3cc(-c4ccccc4)c(NCC4(Cn5cncn5)COC4)cc3c2c1. The molecule has 5 aromatic rings. The highest BCUT2D eigenvalue weighted by atomic mass is 19.1. The smallest absolute Gasteiger partial charge is 0.137 e. The summed E-state index contributed by atoms with van der Waals surface area (Å²) >= 11 is 0. The summed E-state index contributed by atoms with van der Waals surface area (Å²) < 4.78 is 21.4. The Kier molecular flexibility index (Phi) is 4.43. The molecule has 0 amide bonds. The molecule has 6 rings (SSSR count). The Bertz CT molecular complexity index is 1390. The van der Waals surface area contributed by atoms with Gasteiger partial charge in [-0.25, -0.2) is 9.37 Å². The number of fused-ring (bicyclic) bond motifs is 3. The second-order valence-electron chi connectivity index (χ2n) is 8.56. The molecule has 0 saturated carbocycles. The number of aromatic amines is 1. The summed E-state index contributed by atoms with van der Waals surface area (Å²) in [5, 5.41) is 9.82. The monoisotopic (exact) mass is 427 g/mol. The zero-order valence-corrected chi connectivity index (χ0v) is 17.4. The Balaban J connectivity index is 1.42. The average molecular weight is 427 g/mol. The fraction of sp³-hybridized carbons (Fsp3) is 0.200. The van der Waals surface area contributed by atoms with E-state index in [9.17, 15) is 4.39 Å². The van der Waals surface area contributed by atoms with Gasteiger partial charge in [-0.05, 0) is 35.9 Å². The van der Waals surface area contributed by atoms with Gasteiger partial charge in [0.15, 0.2) is 0 Å². The van der Waals surface area contributed by atoms with Gasteiger partial charge in [-0.3, -0.25) is 4.68 Å². The van der Waals surface area contributed by atoms with Crippen LogP contribution in [0.2, 0.25) is 0 Å². The summed E-state index contributed by atoms with van der Waals surface area (Å²) in [6, 6.07) is 19.4. The van der Waals surface area contributed by atoms with Crippen LogP contribution < -0.4 is 5.32 Å². The summed E-state index contributed by atoms with van der Waals surface area (Å²) in [5.74, 6) is -0.238. The third-order valence-electron chi connectivity index (χ3n) is 6.22. The van der Waals surface area contributed by atoms with E-state index in [-0.39, 0.29) is 11.2 Å². The van der Waals surface area contributed by atoms with Gasteiger partial charge in [0.25, 0.3) is 0 Å². The quantitative estimate of drug-likeness (QED) is 0.407. The molecule has 0 radical (unpaired) electrons. The van der Waals surface area contributed by atoms with Crippen molar-refractivity contribution in [3.8, 4) is 11.1 Å². The maximum absolute atomic E-state index is 14.0. The summed E-state index contributed by atoms with van der Waals surface area (Å²) in [7, 11) is 0. The van der Waals surface area contributed by atoms with Crippen LogP contribution in [0.1, 0.15) is 0 Å². The number of halogens is 1. The van der Waals surface area contributed by atoms with E-state index in [1.807, 2.05) is 22.9 Å². The first-order valence-corrected chi connectivity index (χ1v) is 10.6. The minimum Gasteiger partial charge on any atom is -0.384 e. The van der Waals surface area contributed by atoms with Crippen molar-refractivity contribution in [2.24, 2.45) is 5.41 Å². The van der Waals surface area contributed by atoms with Crippen LogP contribution in [0.5, 0.6) is 0 Å². The highest BCUT2D eigenvalue weighted by molar-refractivity contribution is 6.10. The molecule has 7 heteroatoms. The van der Waals surface area contributed by atoms with Crippen LogP contribution in [0.25, 0.3) is 32.9 Å². The van der Waals surface area contributed by atoms with Gasteiger partial charge in [0.05, 0.1) is 25.2 Å². The molecule has 1 saturated heterocycles. The zero-order valence-electron chi connectivity index (χ0n) is 17.4. The molecule has 32 heavy (non-hydrogen) atoms. The van der Waals surface area contributed by atoms with Gasteiger partial charge in [0.2, 0.25) is 0 Å². The van der Waals surface area contributed by atoms with Crippen LogP contribution in [0.3, 0.4) is 0 Å². The number of nitrogens with zero attached hydrogens (tertiary/aromatic N) is 3. The van der Waals surface area contributed by atoms with Crippen molar-refractivity contribution >= 4 is 27.5 Å². The number of nitrogens with one attached hydrogen (secondary N) is 2. The molecule has 1 aliphatic heterocycles. The predicted octanol–water partition coefficient (Wildman–Crippen LogP) is 4.85. The molecular formula is C25H22FN5O. The Morgan fingerprint density at radius 2 is 1.88 bits per heavy atom. The molecule has 160 valence electrons. The Morgan fingerprint density at radius 1 is 1.03 bits per heavy atom. The van der Waals surface area contributed by atoms with Crippen LogP contribution in [-0.2, 0) is 11.3 Å². The highest BCUT2D eigenvalue weighted by Gasteiger charge is 2.39. The second-order valence-corrected chi connectivity index (χ2v) is 8.56. The van der Waals surface area contributed by atoms with Crippen molar-refractivity contribution in [3.05, 3.63) is 79.1 Å². The maximum Gasteiger partial charge on any atom is 0.137 e. The number of hydrogen-bond acceptors (Lipinski definition) is 4. The van der Waals surface area contributed by atoms with E-state index in [4.69, 9.17) is 4.74 Å². The van der Waals surface area contributed by atoms with Crippen LogP contribution in [0.15, 0.2) is 73.3 Å². The Labute approximate surface area is 184 Å². The highest BCUT2D eigenvalue weighted by Crippen LogP contribution is 2.37. The number of anilines is 1. The molecule has 0 aliphatic carbocycles. The molecule has 6 nitrogen and oxygen atoms in total. The molecule has 3 aromatic carbocycles. The van der Waals surface area contributed by atoms with Crippen LogP contribution in [0.4, 0.5) is 10.1 Å². The van der Waals surface area contributed by atoms with E-state index in [0.717, 1.165) is 51.7 Å². The number of aromatic nitrogens is 4. The predicted molar refractivity (Wildman–Crippen MR) is 123 cm³/mol. The standard InChI is InChI=1S/C25H22FN5O/c26-18-6-7-22-20(8-18)21-10-23(19(9-24(21)30-22)17-4-2-1-3-5-17)28-11-25(13-32-14-25)12-31-16-27-15-29-31/h1-10,15-16,28,30H,11-14H2. The molecule has 3 heterocycles. The van der Waals surface area contributed by atoms with E-state index in [1.54, 1.807) is 24.8 Å². The summed E-state index contributed by atoms with van der Waals surface area (Å²) in [6.07, 6.45) is 3.29. The topological polar surface area (TPSA) is 67.8 Å². The average Bonchev–Trinajstić information content (AvgIpc) is 3.42. The Morgan fingerprint density at radius 3 is 2.62 bits per heavy atom. The lowest BCUT2D eigenvalue weighted by atomic mass is 9.85. The second kappa shape index (κ2) is 7.46. The van der Waals surface area contributed by atoms with Gasteiger partial charge in [-0.15, -0.1) is 0 Å². The first-order valence-electron chi connectivity index (χ1n) is 10.6. The van der Waals surface area contributed by atoms with Crippen molar-refractivity contribution in [2.75, 3.05) is 25.1 Å². The van der Waals surface area contributed by atoms with Gasteiger partial charge in [0, 0.05) is 39.6 Å². The minimum absolute atomic E-state index is 0.0526. The third kappa shape index (κ3) is 3.31.